The zero-order valence-electron chi connectivity index (χ0n) is 11.5. The molecule has 1 fully saturated rings. The lowest BCUT2D eigenvalue weighted by atomic mass is 10.0. The molecule has 1 aromatic rings. The molecule has 6 nitrogen and oxygen atoms in total. The van der Waals surface area contributed by atoms with Crippen molar-refractivity contribution in [1.82, 2.24) is 5.32 Å². The lowest BCUT2D eigenvalue weighted by Gasteiger charge is -2.24. The molecule has 0 aromatic heterocycles. The smallest absolute Gasteiger partial charge is 0.319 e. The Balaban J connectivity index is 1.95. The SMILES string of the molecule is COc1ccc(NC(=O)N[C@]2(C)CCS(=O)(=O)C2)cc1. The number of anilines is 1. The van der Waals surface area contributed by atoms with Gasteiger partial charge in [-0.15, -0.1) is 0 Å². The molecular formula is C13H18N2O4S. The predicted octanol–water partition coefficient (Wildman–Crippen LogP) is 1.39. The normalized spacial score (nSPS) is 24.1. The monoisotopic (exact) mass is 298 g/mol. The van der Waals surface area contributed by atoms with Gasteiger partial charge in [0, 0.05) is 5.69 Å². The van der Waals surface area contributed by atoms with Crippen LogP contribution in [0.3, 0.4) is 0 Å². The Labute approximate surface area is 118 Å². The molecule has 1 saturated heterocycles. The summed E-state index contributed by atoms with van der Waals surface area (Å²) in [5.41, 5.74) is -0.0807. The number of amides is 2. The highest BCUT2D eigenvalue weighted by atomic mass is 32.2. The molecule has 1 aliphatic rings. The quantitative estimate of drug-likeness (QED) is 0.883. The second-order valence-corrected chi connectivity index (χ2v) is 7.39. The Morgan fingerprint density at radius 3 is 2.45 bits per heavy atom. The molecule has 2 rings (SSSR count). The molecule has 1 atom stereocenters. The lowest BCUT2D eigenvalue weighted by Crippen LogP contribution is -2.48. The van der Waals surface area contributed by atoms with Crippen molar-refractivity contribution in [3.8, 4) is 5.75 Å². The number of carbonyl (C=O) groups excluding carboxylic acids is 1. The van der Waals surface area contributed by atoms with Crippen molar-refractivity contribution in [1.29, 1.82) is 0 Å². The van der Waals surface area contributed by atoms with Crippen LogP contribution in [-0.4, -0.2) is 38.6 Å². The third-order valence-corrected chi connectivity index (χ3v) is 5.17. The van der Waals surface area contributed by atoms with Gasteiger partial charge >= 0.3 is 6.03 Å². The Bertz CT molecular complexity index is 597. The Hall–Kier alpha value is -1.76. The first-order valence-electron chi connectivity index (χ1n) is 6.26. The van der Waals surface area contributed by atoms with E-state index in [4.69, 9.17) is 4.74 Å². The number of methoxy groups -OCH3 is 1. The Morgan fingerprint density at radius 2 is 1.95 bits per heavy atom. The number of urea groups is 1. The van der Waals surface area contributed by atoms with E-state index in [1.807, 2.05) is 0 Å². The highest BCUT2D eigenvalue weighted by Gasteiger charge is 2.39. The van der Waals surface area contributed by atoms with Crippen LogP contribution in [0.1, 0.15) is 13.3 Å². The third kappa shape index (κ3) is 3.63. The van der Waals surface area contributed by atoms with E-state index < -0.39 is 21.4 Å². The van der Waals surface area contributed by atoms with Crippen LogP contribution in [0.2, 0.25) is 0 Å². The van der Waals surface area contributed by atoms with Crippen molar-refractivity contribution in [2.75, 3.05) is 23.9 Å². The fourth-order valence-corrected chi connectivity index (χ4v) is 4.31. The molecule has 0 unspecified atom stereocenters. The fraction of sp³-hybridized carbons (Fsp3) is 0.462. The van der Waals surface area contributed by atoms with Crippen molar-refractivity contribution >= 4 is 21.6 Å². The summed E-state index contributed by atoms with van der Waals surface area (Å²) in [6, 6.07) is 6.49. The summed E-state index contributed by atoms with van der Waals surface area (Å²) >= 11 is 0. The van der Waals surface area contributed by atoms with Crippen LogP contribution in [-0.2, 0) is 9.84 Å². The van der Waals surface area contributed by atoms with Crippen LogP contribution < -0.4 is 15.4 Å². The zero-order valence-corrected chi connectivity index (χ0v) is 12.3. The molecule has 1 aromatic carbocycles. The molecule has 0 radical (unpaired) electrons. The van der Waals surface area contributed by atoms with Crippen molar-refractivity contribution in [3.05, 3.63) is 24.3 Å². The van der Waals surface area contributed by atoms with E-state index in [0.717, 1.165) is 0 Å². The van der Waals surface area contributed by atoms with Crippen molar-refractivity contribution in [3.63, 3.8) is 0 Å². The van der Waals surface area contributed by atoms with Crippen LogP contribution in [0, 0.1) is 0 Å². The van der Waals surface area contributed by atoms with Gasteiger partial charge in [0.05, 0.1) is 24.2 Å². The molecule has 2 N–H and O–H groups in total. The number of ether oxygens (including phenoxy) is 1. The molecule has 0 bridgehead atoms. The molecule has 2 amide bonds. The predicted molar refractivity (Wildman–Crippen MR) is 76.8 cm³/mol. The number of sulfone groups is 1. The van der Waals surface area contributed by atoms with E-state index >= 15 is 0 Å². The van der Waals surface area contributed by atoms with Gasteiger partial charge in [-0.3, -0.25) is 0 Å². The fourth-order valence-electron chi connectivity index (χ4n) is 2.22. The topological polar surface area (TPSA) is 84.5 Å². The lowest BCUT2D eigenvalue weighted by molar-refractivity contribution is 0.242. The number of hydrogen-bond donors (Lipinski definition) is 2. The third-order valence-electron chi connectivity index (χ3n) is 3.27. The molecule has 20 heavy (non-hydrogen) atoms. The Kier molecular flexibility index (Phi) is 3.89. The number of carbonyl (C=O) groups is 1. The van der Waals surface area contributed by atoms with Crippen LogP contribution >= 0.6 is 0 Å². The van der Waals surface area contributed by atoms with Gasteiger partial charge in [0.25, 0.3) is 0 Å². The maximum Gasteiger partial charge on any atom is 0.319 e. The van der Waals surface area contributed by atoms with E-state index in [1.54, 1.807) is 38.3 Å². The van der Waals surface area contributed by atoms with E-state index in [1.165, 1.54) is 0 Å². The number of nitrogens with one attached hydrogen (secondary N) is 2. The summed E-state index contributed by atoms with van der Waals surface area (Å²) in [6.45, 7) is 1.74. The van der Waals surface area contributed by atoms with E-state index in [-0.39, 0.29) is 11.5 Å². The molecule has 0 saturated carbocycles. The van der Waals surface area contributed by atoms with Crippen LogP contribution in [0.25, 0.3) is 0 Å². The minimum Gasteiger partial charge on any atom is -0.497 e. The molecule has 110 valence electrons. The molecule has 0 spiro atoms. The summed E-state index contributed by atoms with van der Waals surface area (Å²) in [7, 11) is -1.47. The van der Waals surface area contributed by atoms with E-state index in [0.29, 0.717) is 17.9 Å². The summed E-state index contributed by atoms with van der Waals surface area (Å²) in [4.78, 5) is 11.9. The van der Waals surface area contributed by atoms with Crippen molar-refractivity contribution in [2.24, 2.45) is 0 Å². The maximum atomic E-state index is 11.9. The summed E-state index contributed by atoms with van der Waals surface area (Å²) < 4.78 is 28.0. The van der Waals surface area contributed by atoms with Gasteiger partial charge in [-0.05, 0) is 37.6 Å². The summed E-state index contributed by atoms with van der Waals surface area (Å²) in [5.74, 6) is 0.798. The molecule has 1 aliphatic heterocycles. The van der Waals surface area contributed by atoms with Gasteiger partial charge in [-0.25, -0.2) is 13.2 Å². The second kappa shape index (κ2) is 5.32. The van der Waals surface area contributed by atoms with Crippen LogP contribution in [0.15, 0.2) is 24.3 Å². The van der Waals surface area contributed by atoms with Crippen LogP contribution in [0.5, 0.6) is 5.75 Å². The van der Waals surface area contributed by atoms with Gasteiger partial charge in [-0.1, -0.05) is 0 Å². The van der Waals surface area contributed by atoms with Crippen LogP contribution in [0.4, 0.5) is 10.5 Å². The van der Waals surface area contributed by atoms with Crippen molar-refractivity contribution in [2.45, 2.75) is 18.9 Å². The highest BCUT2D eigenvalue weighted by molar-refractivity contribution is 7.91. The van der Waals surface area contributed by atoms with E-state index in [2.05, 4.69) is 10.6 Å². The van der Waals surface area contributed by atoms with Crippen molar-refractivity contribution < 1.29 is 17.9 Å². The van der Waals surface area contributed by atoms with Gasteiger partial charge in [-0.2, -0.15) is 0 Å². The first-order chi connectivity index (χ1) is 9.32. The molecular weight excluding hydrogens is 280 g/mol. The van der Waals surface area contributed by atoms with Gasteiger partial charge < -0.3 is 15.4 Å². The van der Waals surface area contributed by atoms with Gasteiger partial charge in [0.2, 0.25) is 0 Å². The average Bonchev–Trinajstić information content (AvgIpc) is 2.64. The molecule has 0 aliphatic carbocycles. The number of hydrogen-bond acceptors (Lipinski definition) is 4. The number of benzene rings is 1. The summed E-state index contributed by atoms with van der Waals surface area (Å²) in [5, 5.41) is 5.40. The standard InChI is InChI=1S/C13H18N2O4S/c1-13(7-8-20(17,18)9-13)15-12(16)14-10-3-5-11(19-2)6-4-10/h3-6H,7-9H2,1-2H3,(H2,14,15,16)/t13-/m1/s1. The van der Waals surface area contributed by atoms with E-state index in [9.17, 15) is 13.2 Å². The number of rotatable bonds is 3. The maximum absolute atomic E-state index is 11.9. The average molecular weight is 298 g/mol. The highest BCUT2D eigenvalue weighted by Crippen LogP contribution is 2.23. The second-order valence-electron chi connectivity index (χ2n) is 5.21. The zero-order chi connectivity index (χ0) is 14.8. The first-order valence-corrected chi connectivity index (χ1v) is 8.08. The first kappa shape index (κ1) is 14.6. The Morgan fingerprint density at radius 1 is 1.30 bits per heavy atom. The molecule has 7 heteroatoms. The summed E-state index contributed by atoms with van der Waals surface area (Å²) in [6.07, 6.45) is 0.436. The minimum absolute atomic E-state index is 0.0178. The van der Waals surface area contributed by atoms with Gasteiger partial charge in [0.15, 0.2) is 9.84 Å². The van der Waals surface area contributed by atoms with Gasteiger partial charge in [0.1, 0.15) is 5.75 Å². The minimum atomic E-state index is -3.04. The largest absolute Gasteiger partial charge is 0.497 e. The molecule has 1 heterocycles.